The predicted molar refractivity (Wildman–Crippen MR) is 84.2 cm³/mol. The molecule has 0 fully saturated rings. The van der Waals surface area contributed by atoms with Crippen LogP contribution in [0.2, 0.25) is 0 Å². The molecule has 1 amide bonds. The summed E-state index contributed by atoms with van der Waals surface area (Å²) in [6.45, 7) is 0. The fraction of sp³-hybridized carbons (Fsp3) is 0.176. The van der Waals surface area contributed by atoms with Crippen LogP contribution >= 0.6 is 11.8 Å². The third-order valence-corrected chi connectivity index (χ3v) is 4.76. The molecule has 2 aromatic rings. The van der Waals surface area contributed by atoms with Gasteiger partial charge < -0.3 is 5.32 Å². The first-order valence-corrected chi connectivity index (χ1v) is 7.65. The van der Waals surface area contributed by atoms with Gasteiger partial charge in [-0.25, -0.2) is 0 Å². The Kier molecular flexibility index (Phi) is 3.94. The predicted octanol–water partition coefficient (Wildman–Crippen LogP) is 3.41. The summed E-state index contributed by atoms with van der Waals surface area (Å²) < 4.78 is 0. The molecule has 21 heavy (non-hydrogen) atoms. The fourth-order valence-electron chi connectivity index (χ4n) is 2.35. The minimum Gasteiger partial charge on any atom is -0.325 e. The maximum absolute atomic E-state index is 12.3. The van der Waals surface area contributed by atoms with Gasteiger partial charge in [-0.3, -0.25) is 4.79 Å². The monoisotopic (exact) mass is 294 g/mol. The van der Waals surface area contributed by atoms with Gasteiger partial charge in [0.1, 0.15) is 0 Å². The number of amides is 1. The molecule has 0 bridgehead atoms. The molecule has 1 N–H and O–H groups in total. The standard InChI is InChI=1S/C17H14N2OS/c18-10-9-12-5-7-14(8-6-12)19-17(20)16-11-13-3-1-2-4-15(13)21-16/h1-8,16H,9,11H2,(H,19,20). The first-order valence-electron chi connectivity index (χ1n) is 6.77. The average molecular weight is 294 g/mol. The van der Waals surface area contributed by atoms with Crippen molar-refractivity contribution in [2.75, 3.05) is 5.32 Å². The Morgan fingerprint density at radius 1 is 1.24 bits per heavy atom. The third kappa shape index (κ3) is 3.09. The van der Waals surface area contributed by atoms with Crippen molar-refractivity contribution >= 4 is 23.4 Å². The van der Waals surface area contributed by atoms with E-state index in [1.54, 1.807) is 11.8 Å². The molecule has 104 valence electrons. The Morgan fingerprint density at radius 3 is 2.71 bits per heavy atom. The summed E-state index contributed by atoms with van der Waals surface area (Å²) in [5.74, 6) is 0.0317. The second-order valence-corrected chi connectivity index (χ2v) is 6.18. The highest BCUT2D eigenvalue weighted by atomic mass is 32.2. The Balaban J connectivity index is 1.64. The summed E-state index contributed by atoms with van der Waals surface area (Å²) in [7, 11) is 0. The van der Waals surface area contributed by atoms with Crippen molar-refractivity contribution in [1.29, 1.82) is 5.26 Å². The number of nitrogens with one attached hydrogen (secondary N) is 1. The maximum atomic E-state index is 12.3. The molecule has 0 saturated heterocycles. The summed E-state index contributed by atoms with van der Waals surface area (Å²) in [6, 6.07) is 17.7. The number of carbonyl (C=O) groups is 1. The van der Waals surface area contributed by atoms with Gasteiger partial charge in [-0.15, -0.1) is 11.8 Å². The number of benzene rings is 2. The smallest absolute Gasteiger partial charge is 0.238 e. The molecule has 0 radical (unpaired) electrons. The van der Waals surface area contributed by atoms with E-state index in [1.165, 1.54) is 10.5 Å². The van der Waals surface area contributed by atoms with Crippen molar-refractivity contribution in [2.45, 2.75) is 23.0 Å². The van der Waals surface area contributed by atoms with Gasteiger partial charge in [-0.2, -0.15) is 5.26 Å². The van der Waals surface area contributed by atoms with Crippen molar-refractivity contribution in [3.8, 4) is 6.07 Å². The van der Waals surface area contributed by atoms with E-state index in [0.29, 0.717) is 6.42 Å². The molecule has 0 spiro atoms. The zero-order valence-corrected chi connectivity index (χ0v) is 12.2. The number of anilines is 1. The van der Waals surface area contributed by atoms with Crippen molar-refractivity contribution < 1.29 is 4.79 Å². The zero-order valence-electron chi connectivity index (χ0n) is 11.4. The molecule has 1 aliphatic rings. The van der Waals surface area contributed by atoms with Crippen LogP contribution in [0.5, 0.6) is 0 Å². The van der Waals surface area contributed by atoms with Gasteiger partial charge in [-0.05, 0) is 35.7 Å². The number of nitriles is 1. The van der Waals surface area contributed by atoms with Crippen molar-refractivity contribution in [3.63, 3.8) is 0 Å². The van der Waals surface area contributed by atoms with E-state index in [4.69, 9.17) is 5.26 Å². The molecule has 1 aliphatic heterocycles. The van der Waals surface area contributed by atoms with Crippen LogP contribution in [0.4, 0.5) is 5.69 Å². The van der Waals surface area contributed by atoms with Gasteiger partial charge in [0.05, 0.1) is 17.7 Å². The molecular formula is C17H14N2OS. The molecule has 1 heterocycles. The minimum atomic E-state index is -0.0683. The Hall–Kier alpha value is -2.25. The number of rotatable bonds is 3. The van der Waals surface area contributed by atoms with Crippen molar-refractivity contribution in [3.05, 3.63) is 59.7 Å². The molecule has 2 aromatic carbocycles. The van der Waals surface area contributed by atoms with Crippen LogP contribution in [0.15, 0.2) is 53.4 Å². The van der Waals surface area contributed by atoms with E-state index in [-0.39, 0.29) is 11.2 Å². The Bertz CT molecular complexity index is 678. The van der Waals surface area contributed by atoms with Crippen LogP contribution in [-0.4, -0.2) is 11.2 Å². The topological polar surface area (TPSA) is 52.9 Å². The first-order chi connectivity index (χ1) is 10.3. The minimum absolute atomic E-state index is 0.0317. The maximum Gasteiger partial charge on any atom is 0.238 e. The van der Waals surface area contributed by atoms with E-state index < -0.39 is 0 Å². The molecule has 1 atom stereocenters. The van der Waals surface area contributed by atoms with Gasteiger partial charge in [-0.1, -0.05) is 30.3 Å². The van der Waals surface area contributed by atoms with Crippen LogP contribution in [-0.2, 0) is 17.6 Å². The van der Waals surface area contributed by atoms with E-state index in [1.807, 2.05) is 36.4 Å². The second-order valence-electron chi connectivity index (χ2n) is 4.94. The van der Waals surface area contributed by atoms with Gasteiger partial charge >= 0.3 is 0 Å². The first kappa shape index (κ1) is 13.7. The summed E-state index contributed by atoms with van der Waals surface area (Å²) in [5, 5.41) is 11.5. The average Bonchev–Trinajstić information content (AvgIpc) is 2.94. The molecule has 4 heteroatoms. The van der Waals surface area contributed by atoms with Crippen LogP contribution in [0.3, 0.4) is 0 Å². The molecular weight excluding hydrogens is 280 g/mol. The van der Waals surface area contributed by atoms with Crippen LogP contribution in [0.25, 0.3) is 0 Å². The second kappa shape index (κ2) is 6.02. The van der Waals surface area contributed by atoms with Crippen LogP contribution in [0.1, 0.15) is 11.1 Å². The highest BCUT2D eigenvalue weighted by Crippen LogP contribution is 2.37. The molecule has 1 unspecified atom stereocenters. The largest absolute Gasteiger partial charge is 0.325 e. The number of nitrogens with zero attached hydrogens (tertiary/aromatic N) is 1. The van der Waals surface area contributed by atoms with Crippen LogP contribution in [0, 0.1) is 11.3 Å². The number of fused-ring (bicyclic) bond motifs is 1. The van der Waals surface area contributed by atoms with E-state index in [9.17, 15) is 4.79 Å². The third-order valence-electron chi connectivity index (χ3n) is 3.44. The van der Waals surface area contributed by atoms with Gasteiger partial charge in [0.25, 0.3) is 0 Å². The lowest BCUT2D eigenvalue weighted by Crippen LogP contribution is -2.24. The van der Waals surface area contributed by atoms with Gasteiger partial charge in [0.15, 0.2) is 0 Å². The highest BCUT2D eigenvalue weighted by Gasteiger charge is 2.27. The molecule has 3 nitrogen and oxygen atoms in total. The van der Waals surface area contributed by atoms with E-state index in [2.05, 4.69) is 23.5 Å². The highest BCUT2D eigenvalue weighted by molar-refractivity contribution is 8.01. The lowest BCUT2D eigenvalue weighted by atomic mass is 10.1. The van der Waals surface area contributed by atoms with Crippen molar-refractivity contribution in [2.24, 2.45) is 0 Å². The summed E-state index contributed by atoms with van der Waals surface area (Å²) in [6.07, 6.45) is 1.17. The fourth-order valence-corrected chi connectivity index (χ4v) is 3.54. The van der Waals surface area contributed by atoms with Gasteiger partial charge in [0.2, 0.25) is 5.91 Å². The molecule has 0 saturated carbocycles. The van der Waals surface area contributed by atoms with E-state index >= 15 is 0 Å². The van der Waals surface area contributed by atoms with E-state index in [0.717, 1.165) is 17.7 Å². The molecule has 0 aliphatic carbocycles. The van der Waals surface area contributed by atoms with Crippen molar-refractivity contribution in [1.82, 2.24) is 0 Å². The van der Waals surface area contributed by atoms with Gasteiger partial charge in [0, 0.05) is 10.6 Å². The lowest BCUT2D eigenvalue weighted by molar-refractivity contribution is -0.115. The Labute approximate surface area is 128 Å². The lowest BCUT2D eigenvalue weighted by Gasteiger charge is -2.10. The Morgan fingerprint density at radius 2 is 2.00 bits per heavy atom. The quantitative estimate of drug-likeness (QED) is 0.944. The SMILES string of the molecule is N#CCc1ccc(NC(=O)C2Cc3ccccc3S2)cc1. The normalized spacial score (nSPS) is 16.0. The number of hydrogen-bond acceptors (Lipinski definition) is 3. The molecule has 0 aromatic heterocycles. The number of carbonyl (C=O) groups excluding carboxylic acids is 1. The number of hydrogen-bond donors (Lipinski definition) is 1. The summed E-state index contributed by atoms with van der Waals surface area (Å²) in [5.41, 5.74) is 2.98. The molecule has 3 rings (SSSR count). The zero-order chi connectivity index (χ0) is 14.7. The van der Waals surface area contributed by atoms with Crippen LogP contribution < -0.4 is 5.32 Å². The summed E-state index contributed by atoms with van der Waals surface area (Å²) >= 11 is 1.62. The summed E-state index contributed by atoms with van der Waals surface area (Å²) in [4.78, 5) is 13.5. The number of thioether (sulfide) groups is 1.